The molecule has 4 rings (SSSR count). The minimum atomic E-state index is -0.0110. The molecule has 0 fully saturated rings. The quantitative estimate of drug-likeness (QED) is 0.465. The molecule has 0 spiro atoms. The number of aromatic nitrogens is 2. The van der Waals surface area contributed by atoms with Gasteiger partial charge in [-0.3, -0.25) is 9.97 Å². The molecule has 0 aliphatic heterocycles. The molecule has 0 aliphatic rings. The number of rotatable bonds is 0. The molecule has 115 valence electrons. The Labute approximate surface area is 146 Å². The van der Waals surface area contributed by atoms with Crippen molar-refractivity contribution in [2.75, 3.05) is 0 Å². The van der Waals surface area contributed by atoms with E-state index in [1.807, 2.05) is 36.4 Å². The first-order valence-corrected chi connectivity index (χ1v) is 6.77. The van der Waals surface area contributed by atoms with Crippen molar-refractivity contribution in [1.82, 2.24) is 9.97 Å². The van der Waals surface area contributed by atoms with Crippen LogP contribution in [-0.4, -0.2) is 9.97 Å². The van der Waals surface area contributed by atoms with Crippen LogP contribution in [0, 0.1) is 0 Å². The summed E-state index contributed by atoms with van der Waals surface area (Å²) < 4.78 is 0. The van der Waals surface area contributed by atoms with Crippen LogP contribution in [0.1, 0.15) is 0 Å². The van der Waals surface area contributed by atoms with Crippen LogP contribution in [0.5, 0.6) is 11.5 Å². The second-order valence-corrected chi connectivity index (χ2v) is 4.66. The van der Waals surface area contributed by atoms with Gasteiger partial charge in [0.05, 0.1) is 11.0 Å². The van der Waals surface area contributed by atoms with Crippen molar-refractivity contribution in [2.45, 2.75) is 0 Å². The van der Waals surface area contributed by atoms with E-state index < -0.39 is 0 Å². The topological polar surface area (TPSA) is 71.9 Å². The second kappa shape index (κ2) is 7.68. The number of benzene rings is 2. The minimum Gasteiger partial charge on any atom is -0.871 e. The van der Waals surface area contributed by atoms with Gasteiger partial charge in [0.25, 0.3) is 0 Å². The molecule has 2 heterocycles. The van der Waals surface area contributed by atoms with E-state index >= 15 is 0 Å². The van der Waals surface area contributed by atoms with Gasteiger partial charge in [0.2, 0.25) is 0 Å². The van der Waals surface area contributed by atoms with E-state index in [1.54, 1.807) is 24.5 Å². The van der Waals surface area contributed by atoms with Crippen molar-refractivity contribution in [1.29, 1.82) is 0 Å². The van der Waals surface area contributed by atoms with Gasteiger partial charge in [0.1, 0.15) is 0 Å². The fourth-order valence-electron chi connectivity index (χ4n) is 2.15. The van der Waals surface area contributed by atoms with Crippen molar-refractivity contribution in [3.05, 3.63) is 73.1 Å². The molecule has 5 heteroatoms. The molecular formula is C18H12N2O2Tc-2. The Bertz CT molecular complexity index is 841. The fourth-order valence-corrected chi connectivity index (χ4v) is 2.15. The van der Waals surface area contributed by atoms with Gasteiger partial charge in [-0.05, 0) is 22.9 Å². The smallest absolute Gasteiger partial charge is 0.0623 e. The standard InChI is InChI=1S/2C9H7NO.Tc/c2*11-8-5-1-3-7-4-2-6-10-9(7)8;/h2*1-6,11H;/p-2/i;;1+1. The molecule has 0 N–H and O–H groups in total. The molecule has 0 aliphatic carbocycles. The molecule has 1 radical (unpaired) electrons. The average molecular weight is 387 g/mol. The van der Waals surface area contributed by atoms with E-state index in [2.05, 4.69) is 9.97 Å². The molecule has 4 aromatic rings. The third kappa shape index (κ3) is 3.83. The number of hydrogen-bond donors (Lipinski definition) is 0. The maximum atomic E-state index is 11.1. The van der Waals surface area contributed by atoms with Gasteiger partial charge in [0, 0.05) is 32.5 Å². The molecule has 2 aromatic carbocycles. The number of hydrogen-bond acceptors (Lipinski definition) is 4. The van der Waals surface area contributed by atoms with Gasteiger partial charge in [-0.15, -0.1) is 0 Å². The molecule has 2 aromatic heterocycles. The summed E-state index contributed by atoms with van der Waals surface area (Å²) in [4.78, 5) is 7.94. The maximum absolute atomic E-state index is 11.1. The van der Waals surface area contributed by atoms with Crippen molar-refractivity contribution >= 4 is 21.8 Å². The zero-order valence-corrected chi connectivity index (χ0v) is 13.9. The Morgan fingerprint density at radius 1 is 0.565 bits per heavy atom. The molecule has 4 nitrogen and oxygen atoms in total. The molecule has 0 saturated heterocycles. The van der Waals surface area contributed by atoms with E-state index in [9.17, 15) is 10.2 Å². The van der Waals surface area contributed by atoms with Crippen LogP contribution in [0.4, 0.5) is 0 Å². The summed E-state index contributed by atoms with van der Waals surface area (Å²) in [7, 11) is 0. The summed E-state index contributed by atoms with van der Waals surface area (Å²) in [5.41, 5.74) is 1.10. The monoisotopic (exact) mass is 387 g/mol. The normalized spacial score (nSPS) is 9.74. The fraction of sp³-hybridized carbons (Fsp3) is 0. The first kappa shape index (κ1) is 16.9. The van der Waals surface area contributed by atoms with Crippen molar-refractivity contribution in [3.63, 3.8) is 0 Å². The van der Waals surface area contributed by atoms with Crippen LogP contribution in [-0.2, 0) is 20.1 Å². The van der Waals surface area contributed by atoms with Crippen LogP contribution < -0.4 is 10.2 Å². The van der Waals surface area contributed by atoms with Crippen molar-refractivity contribution in [3.8, 4) is 11.5 Å². The third-order valence-electron chi connectivity index (χ3n) is 3.19. The summed E-state index contributed by atoms with van der Waals surface area (Å²) in [6, 6.07) is 17.7. The molecule has 23 heavy (non-hydrogen) atoms. The maximum Gasteiger partial charge on any atom is 0.0623 e. The second-order valence-electron chi connectivity index (χ2n) is 4.66. The number of fused-ring (bicyclic) bond motifs is 2. The van der Waals surface area contributed by atoms with Crippen LogP contribution in [0.15, 0.2) is 73.1 Å². The Hall–Kier alpha value is -2.49. The first-order valence-electron chi connectivity index (χ1n) is 6.77. The minimum absolute atomic E-state index is 0. The summed E-state index contributed by atoms with van der Waals surface area (Å²) in [6.45, 7) is 0. The summed E-state index contributed by atoms with van der Waals surface area (Å²) in [5.74, 6) is -0.0220. The summed E-state index contributed by atoms with van der Waals surface area (Å²) in [6.07, 6.45) is 3.26. The van der Waals surface area contributed by atoms with E-state index in [4.69, 9.17) is 0 Å². The average Bonchev–Trinajstić information content (AvgIpc) is 2.57. The zero-order chi connectivity index (χ0) is 15.4. The van der Waals surface area contributed by atoms with E-state index in [1.165, 1.54) is 12.1 Å². The first-order chi connectivity index (χ1) is 10.8. The van der Waals surface area contributed by atoms with Gasteiger partial charge in [-0.1, -0.05) is 60.0 Å². The summed E-state index contributed by atoms with van der Waals surface area (Å²) >= 11 is 0. The van der Waals surface area contributed by atoms with E-state index in [0.717, 1.165) is 10.8 Å². The van der Waals surface area contributed by atoms with Gasteiger partial charge < -0.3 is 10.2 Å². The number of para-hydroxylation sites is 2. The Morgan fingerprint density at radius 3 is 1.35 bits per heavy atom. The van der Waals surface area contributed by atoms with Gasteiger partial charge in [-0.25, -0.2) is 0 Å². The van der Waals surface area contributed by atoms with Gasteiger partial charge in [0.15, 0.2) is 0 Å². The Balaban J connectivity index is 0.000000160. The Kier molecular flexibility index (Phi) is 5.63. The Morgan fingerprint density at radius 2 is 0.957 bits per heavy atom. The van der Waals surface area contributed by atoms with Crippen LogP contribution >= 0.6 is 0 Å². The molecule has 0 atom stereocenters. The van der Waals surface area contributed by atoms with Crippen molar-refractivity contribution < 1.29 is 30.3 Å². The van der Waals surface area contributed by atoms with Crippen molar-refractivity contribution in [2.24, 2.45) is 0 Å². The molecule has 0 saturated carbocycles. The SMILES string of the molecule is [99Tc].[O-]c1cccc2cccnc12.[O-]c1cccc2cccnc12. The number of nitrogens with zero attached hydrogens (tertiary/aromatic N) is 2. The third-order valence-corrected chi connectivity index (χ3v) is 3.19. The zero-order valence-electron chi connectivity index (χ0n) is 12.0. The molecule has 0 bridgehead atoms. The van der Waals surface area contributed by atoms with Gasteiger partial charge >= 0.3 is 0 Å². The largest absolute Gasteiger partial charge is 0.871 e. The van der Waals surface area contributed by atoms with Crippen LogP contribution in [0.25, 0.3) is 21.8 Å². The number of pyridine rings is 2. The van der Waals surface area contributed by atoms with Crippen LogP contribution in [0.2, 0.25) is 0 Å². The van der Waals surface area contributed by atoms with Gasteiger partial charge in [-0.2, -0.15) is 0 Å². The van der Waals surface area contributed by atoms with Crippen LogP contribution in [0.3, 0.4) is 0 Å². The molecular weight excluding hydrogens is 375 g/mol. The molecule has 0 unspecified atom stereocenters. The molecule has 0 amide bonds. The predicted molar refractivity (Wildman–Crippen MR) is 82.4 cm³/mol. The van der Waals surface area contributed by atoms with E-state index in [-0.39, 0.29) is 31.6 Å². The predicted octanol–water partition coefficient (Wildman–Crippen LogP) is 2.61. The van der Waals surface area contributed by atoms with E-state index in [0.29, 0.717) is 11.0 Å². The summed E-state index contributed by atoms with van der Waals surface area (Å²) in [5, 5.41) is 24.0.